The van der Waals surface area contributed by atoms with Crippen LogP contribution in [0.25, 0.3) is 0 Å². The van der Waals surface area contributed by atoms with Crippen molar-refractivity contribution in [3.05, 3.63) is 0 Å². The number of likely N-dealkylation sites (N-methyl/N-ethyl adjacent to an activating group) is 1. The van der Waals surface area contributed by atoms with Crippen LogP contribution in [0.5, 0.6) is 0 Å². The van der Waals surface area contributed by atoms with Crippen molar-refractivity contribution < 1.29 is 5.11 Å². The summed E-state index contributed by atoms with van der Waals surface area (Å²) in [6.07, 6.45) is -0.440. The molecule has 0 saturated carbocycles. The first-order chi connectivity index (χ1) is 4.63. The molecule has 1 fully saturated rings. The van der Waals surface area contributed by atoms with Crippen molar-refractivity contribution in [2.24, 2.45) is 0 Å². The minimum Gasteiger partial charge on any atom is -0.377 e. The molecule has 0 amide bonds. The Morgan fingerprint density at radius 1 is 1.70 bits per heavy atom. The Kier molecular flexibility index (Phi) is 2.34. The third kappa shape index (κ3) is 1.33. The fourth-order valence-electron chi connectivity index (χ4n) is 1.08. The van der Waals surface area contributed by atoms with E-state index in [0.29, 0.717) is 6.54 Å². The van der Waals surface area contributed by atoms with E-state index in [1.807, 2.05) is 18.9 Å². The van der Waals surface area contributed by atoms with Gasteiger partial charge in [-0.25, -0.2) is 0 Å². The fraction of sp³-hybridized carbons (Fsp3) is 1.00. The zero-order valence-electron chi connectivity index (χ0n) is 6.41. The van der Waals surface area contributed by atoms with E-state index in [2.05, 4.69) is 5.32 Å². The molecule has 0 aromatic rings. The SMILES string of the molecule is [B]C1CNC(O)C(C)N1C. The highest BCUT2D eigenvalue weighted by Crippen LogP contribution is 2.07. The van der Waals surface area contributed by atoms with Crippen LogP contribution in [0.2, 0.25) is 0 Å². The maximum atomic E-state index is 9.26. The van der Waals surface area contributed by atoms with Gasteiger partial charge in [-0.2, -0.15) is 0 Å². The van der Waals surface area contributed by atoms with Gasteiger partial charge in [0.25, 0.3) is 0 Å². The standard InChI is InChI=1S/C6H13BN2O/c1-4-6(10)8-3-5(7)9(4)2/h4-6,8,10H,3H2,1-2H3. The van der Waals surface area contributed by atoms with E-state index in [1.54, 1.807) is 0 Å². The summed E-state index contributed by atoms with van der Waals surface area (Å²) in [5.74, 6) is 0.0263. The molecule has 0 aromatic heterocycles. The lowest BCUT2D eigenvalue weighted by Crippen LogP contribution is -2.60. The van der Waals surface area contributed by atoms with E-state index in [9.17, 15) is 5.11 Å². The van der Waals surface area contributed by atoms with Gasteiger partial charge in [-0.3, -0.25) is 5.32 Å². The first kappa shape index (κ1) is 8.05. The normalized spacial score (nSPS) is 43.7. The average Bonchev–Trinajstić information content (AvgIpc) is 1.93. The van der Waals surface area contributed by atoms with E-state index < -0.39 is 6.23 Å². The molecule has 3 unspecified atom stereocenters. The third-order valence-corrected chi connectivity index (χ3v) is 2.16. The summed E-state index contributed by atoms with van der Waals surface area (Å²) < 4.78 is 0. The number of aliphatic hydroxyl groups is 1. The quantitative estimate of drug-likeness (QED) is 0.411. The van der Waals surface area contributed by atoms with Gasteiger partial charge in [-0.05, 0) is 19.9 Å². The molecule has 1 heterocycles. The molecule has 0 aromatic carbocycles. The van der Waals surface area contributed by atoms with E-state index in [0.717, 1.165) is 0 Å². The Bertz CT molecular complexity index is 108. The van der Waals surface area contributed by atoms with Crippen LogP contribution >= 0.6 is 0 Å². The highest BCUT2D eigenvalue weighted by molar-refractivity contribution is 6.11. The molecule has 1 rings (SSSR count). The van der Waals surface area contributed by atoms with Gasteiger partial charge in [-0.1, -0.05) is 0 Å². The molecule has 2 N–H and O–H groups in total. The average molecular weight is 140 g/mol. The smallest absolute Gasteiger partial charge is 0.120 e. The summed E-state index contributed by atoms with van der Waals surface area (Å²) in [7, 11) is 7.60. The fourth-order valence-corrected chi connectivity index (χ4v) is 1.08. The Labute approximate surface area is 62.8 Å². The second-order valence-electron chi connectivity index (χ2n) is 2.83. The highest BCUT2D eigenvalue weighted by Gasteiger charge is 2.26. The van der Waals surface area contributed by atoms with Gasteiger partial charge in [-0.15, -0.1) is 0 Å². The Morgan fingerprint density at radius 2 is 2.30 bits per heavy atom. The second-order valence-corrected chi connectivity index (χ2v) is 2.83. The molecule has 56 valence electrons. The number of hydrogen-bond donors (Lipinski definition) is 2. The van der Waals surface area contributed by atoms with Gasteiger partial charge >= 0.3 is 0 Å². The first-order valence-corrected chi connectivity index (χ1v) is 3.52. The molecule has 3 atom stereocenters. The number of nitrogens with zero attached hydrogens (tertiary/aromatic N) is 1. The van der Waals surface area contributed by atoms with Crippen molar-refractivity contribution in [3.63, 3.8) is 0 Å². The van der Waals surface area contributed by atoms with Gasteiger partial charge in [0.05, 0.1) is 7.85 Å². The van der Waals surface area contributed by atoms with Crippen molar-refractivity contribution in [2.45, 2.75) is 25.1 Å². The van der Waals surface area contributed by atoms with Crippen LogP contribution in [0.1, 0.15) is 6.92 Å². The number of hydrogen-bond acceptors (Lipinski definition) is 3. The molecule has 2 radical (unpaired) electrons. The number of rotatable bonds is 0. The molecule has 0 bridgehead atoms. The van der Waals surface area contributed by atoms with Gasteiger partial charge in [0.1, 0.15) is 6.23 Å². The zero-order valence-corrected chi connectivity index (χ0v) is 6.41. The molecule has 0 aliphatic carbocycles. The highest BCUT2D eigenvalue weighted by atomic mass is 16.3. The zero-order chi connectivity index (χ0) is 7.72. The predicted molar refractivity (Wildman–Crippen MR) is 40.8 cm³/mol. The Morgan fingerprint density at radius 3 is 2.80 bits per heavy atom. The summed E-state index contributed by atoms with van der Waals surface area (Å²) in [6, 6.07) is 0.101. The summed E-state index contributed by atoms with van der Waals surface area (Å²) in [6.45, 7) is 2.60. The minimum absolute atomic E-state index is 0.0263. The van der Waals surface area contributed by atoms with Crippen LogP contribution < -0.4 is 5.32 Å². The lowest BCUT2D eigenvalue weighted by atomic mass is 9.91. The van der Waals surface area contributed by atoms with Crippen LogP contribution in [-0.4, -0.2) is 49.7 Å². The summed E-state index contributed by atoms with van der Waals surface area (Å²) in [4.78, 5) is 1.96. The number of nitrogens with one attached hydrogen (secondary N) is 1. The molecule has 1 aliphatic rings. The maximum Gasteiger partial charge on any atom is 0.120 e. The maximum absolute atomic E-state index is 9.26. The van der Waals surface area contributed by atoms with Crippen molar-refractivity contribution >= 4 is 7.85 Å². The van der Waals surface area contributed by atoms with Gasteiger partial charge < -0.3 is 10.0 Å². The number of piperazine rings is 1. The lowest BCUT2D eigenvalue weighted by molar-refractivity contribution is 0.00891. The minimum atomic E-state index is -0.440. The molecule has 0 spiro atoms. The molecular formula is C6H13BN2O. The van der Waals surface area contributed by atoms with Crippen molar-refractivity contribution in [3.8, 4) is 0 Å². The second kappa shape index (κ2) is 2.90. The predicted octanol–water partition coefficient (Wildman–Crippen LogP) is -1.28. The molecule has 4 heteroatoms. The molecule has 3 nitrogen and oxygen atoms in total. The lowest BCUT2D eigenvalue weighted by Gasteiger charge is -2.40. The van der Waals surface area contributed by atoms with Gasteiger partial charge in [0, 0.05) is 12.6 Å². The largest absolute Gasteiger partial charge is 0.377 e. The third-order valence-electron chi connectivity index (χ3n) is 2.16. The summed E-state index contributed by atoms with van der Waals surface area (Å²) in [5, 5.41) is 12.2. The Hall–Kier alpha value is -0.0551. The topological polar surface area (TPSA) is 35.5 Å². The van der Waals surface area contributed by atoms with Crippen LogP contribution in [0, 0.1) is 0 Å². The van der Waals surface area contributed by atoms with Crippen LogP contribution in [0.15, 0.2) is 0 Å². The van der Waals surface area contributed by atoms with Crippen molar-refractivity contribution in [2.75, 3.05) is 13.6 Å². The van der Waals surface area contributed by atoms with E-state index in [4.69, 9.17) is 7.85 Å². The molecule has 1 saturated heterocycles. The molecule has 1 aliphatic heterocycles. The summed E-state index contributed by atoms with van der Waals surface area (Å²) >= 11 is 0. The van der Waals surface area contributed by atoms with Crippen LogP contribution in [0.3, 0.4) is 0 Å². The monoisotopic (exact) mass is 140 g/mol. The van der Waals surface area contributed by atoms with Crippen molar-refractivity contribution in [1.82, 2.24) is 10.2 Å². The van der Waals surface area contributed by atoms with E-state index in [-0.39, 0.29) is 12.0 Å². The van der Waals surface area contributed by atoms with Crippen LogP contribution in [-0.2, 0) is 0 Å². The molecular weight excluding hydrogens is 127 g/mol. The Balaban J connectivity index is 2.52. The molecule has 10 heavy (non-hydrogen) atoms. The summed E-state index contributed by atoms with van der Waals surface area (Å²) in [5.41, 5.74) is 0. The van der Waals surface area contributed by atoms with Gasteiger partial charge in [0.15, 0.2) is 0 Å². The van der Waals surface area contributed by atoms with Crippen LogP contribution in [0.4, 0.5) is 0 Å². The van der Waals surface area contributed by atoms with Gasteiger partial charge in [0.2, 0.25) is 0 Å². The van der Waals surface area contributed by atoms with Crippen molar-refractivity contribution in [1.29, 1.82) is 0 Å². The number of aliphatic hydroxyl groups excluding tert-OH is 1. The first-order valence-electron chi connectivity index (χ1n) is 3.52. The van der Waals surface area contributed by atoms with E-state index >= 15 is 0 Å². The van der Waals surface area contributed by atoms with E-state index in [1.165, 1.54) is 0 Å².